The zero-order valence-corrected chi connectivity index (χ0v) is 19.1. The predicted octanol–water partition coefficient (Wildman–Crippen LogP) is 3.32. The molecule has 1 aliphatic heterocycles. The summed E-state index contributed by atoms with van der Waals surface area (Å²) in [4.78, 5) is 14.1. The Morgan fingerprint density at radius 2 is 2.06 bits per heavy atom. The van der Waals surface area contributed by atoms with Crippen molar-refractivity contribution in [1.29, 1.82) is 0 Å². The average Bonchev–Trinajstić information content (AvgIpc) is 3.30. The minimum atomic E-state index is -0.533. The molecule has 31 heavy (non-hydrogen) atoms. The summed E-state index contributed by atoms with van der Waals surface area (Å²) in [6.07, 6.45) is 12.0. The predicted molar refractivity (Wildman–Crippen MR) is 122 cm³/mol. The molecule has 2 aliphatic carbocycles. The van der Waals surface area contributed by atoms with Crippen LogP contribution in [0, 0.1) is 35.5 Å². The number of carbonyl (C=O) groups excluding carboxylic acids is 1. The molecule has 0 bridgehead atoms. The topological polar surface area (TPSA) is 70.0 Å². The molecule has 0 aromatic rings. The smallest absolute Gasteiger partial charge is 0.248 e. The van der Waals surface area contributed by atoms with Crippen LogP contribution in [0.5, 0.6) is 0 Å². The van der Waals surface area contributed by atoms with Gasteiger partial charge < -0.3 is 19.8 Å². The fourth-order valence-electron chi connectivity index (χ4n) is 5.31. The lowest BCUT2D eigenvalue weighted by Gasteiger charge is -2.26. The Morgan fingerprint density at radius 3 is 2.81 bits per heavy atom. The fourth-order valence-corrected chi connectivity index (χ4v) is 5.31. The second kappa shape index (κ2) is 11.9. The minimum absolute atomic E-state index is 0.0851. The number of likely N-dealkylation sites (tertiary alicyclic amines) is 1. The summed E-state index contributed by atoms with van der Waals surface area (Å²) in [5.74, 6) is 7.09. The molecule has 0 spiro atoms. The third kappa shape index (κ3) is 6.68. The second-order valence-electron chi connectivity index (χ2n) is 9.52. The van der Waals surface area contributed by atoms with E-state index < -0.39 is 6.10 Å². The van der Waals surface area contributed by atoms with E-state index in [-0.39, 0.29) is 30.5 Å². The van der Waals surface area contributed by atoms with Crippen molar-refractivity contribution in [2.45, 2.75) is 71.0 Å². The van der Waals surface area contributed by atoms with E-state index in [2.05, 4.69) is 17.9 Å². The molecule has 2 saturated carbocycles. The van der Waals surface area contributed by atoms with Crippen LogP contribution >= 0.6 is 0 Å². The molecule has 3 rings (SSSR count). The van der Waals surface area contributed by atoms with E-state index in [1.54, 1.807) is 0 Å². The van der Waals surface area contributed by atoms with Crippen molar-refractivity contribution in [2.75, 3.05) is 26.3 Å². The summed E-state index contributed by atoms with van der Waals surface area (Å²) in [6.45, 7) is 6.18. The second-order valence-corrected chi connectivity index (χ2v) is 9.52. The standard InChI is InChI=1S/C26H39NO4/c1-3-4-8-19(2)24(28)10-9-22-23-16-20(15-21(23)17-25(22)29)11-14-31-18-26(30)27-12-6-5-7-13-27/h9-11,19,21-25,28-29H,5-8,12-18H2,1-2H3/b10-9+,20-11?/t19-,21-,22+,23-,24-,25+/m0/s1. The molecule has 3 fully saturated rings. The lowest BCUT2D eigenvalue weighted by molar-refractivity contribution is -0.136. The van der Waals surface area contributed by atoms with Crippen LogP contribution in [0.15, 0.2) is 23.8 Å². The summed E-state index contributed by atoms with van der Waals surface area (Å²) in [5.41, 5.74) is 1.37. The number of rotatable bonds is 8. The quantitative estimate of drug-likeness (QED) is 0.353. The normalized spacial score (nSPS) is 31.5. The van der Waals surface area contributed by atoms with Gasteiger partial charge in [-0.1, -0.05) is 30.7 Å². The third-order valence-electron chi connectivity index (χ3n) is 7.25. The first kappa shape index (κ1) is 24.0. The van der Waals surface area contributed by atoms with E-state index in [1.807, 2.05) is 30.9 Å². The highest BCUT2D eigenvalue weighted by Gasteiger charge is 2.45. The first-order valence-electron chi connectivity index (χ1n) is 12.0. The molecule has 0 aromatic heterocycles. The lowest BCUT2D eigenvalue weighted by atomic mass is 9.89. The van der Waals surface area contributed by atoms with Gasteiger partial charge in [-0.15, -0.1) is 11.8 Å². The molecule has 3 aliphatic rings. The van der Waals surface area contributed by atoms with Gasteiger partial charge in [0.15, 0.2) is 0 Å². The van der Waals surface area contributed by atoms with Crippen molar-refractivity contribution >= 4 is 5.91 Å². The van der Waals surface area contributed by atoms with Gasteiger partial charge in [-0.05, 0) is 63.2 Å². The number of carbonyl (C=O) groups is 1. The van der Waals surface area contributed by atoms with Gasteiger partial charge in [0.05, 0.1) is 18.8 Å². The summed E-state index contributed by atoms with van der Waals surface area (Å²) in [5, 5.41) is 20.9. The van der Waals surface area contributed by atoms with Gasteiger partial charge in [-0.2, -0.15) is 0 Å². The molecule has 0 aromatic carbocycles. The van der Waals surface area contributed by atoms with Gasteiger partial charge in [0, 0.05) is 25.4 Å². The minimum Gasteiger partial charge on any atom is -0.392 e. The molecular formula is C26H39NO4. The van der Waals surface area contributed by atoms with Crippen molar-refractivity contribution in [2.24, 2.45) is 23.7 Å². The van der Waals surface area contributed by atoms with E-state index in [0.29, 0.717) is 24.9 Å². The van der Waals surface area contributed by atoms with Gasteiger partial charge in [-0.25, -0.2) is 0 Å². The molecule has 2 N–H and O–H groups in total. The van der Waals surface area contributed by atoms with Crippen LogP contribution in [-0.4, -0.2) is 59.5 Å². The van der Waals surface area contributed by atoms with Gasteiger partial charge in [-0.3, -0.25) is 4.79 Å². The van der Waals surface area contributed by atoms with E-state index >= 15 is 0 Å². The van der Waals surface area contributed by atoms with E-state index in [9.17, 15) is 15.0 Å². The van der Waals surface area contributed by atoms with E-state index in [4.69, 9.17) is 4.74 Å². The van der Waals surface area contributed by atoms with Crippen LogP contribution in [0.2, 0.25) is 0 Å². The van der Waals surface area contributed by atoms with Crippen LogP contribution in [0.4, 0.5) is 0 Å². The number of ether oxygens (including phenoxy) is 1. The number of fused-ring (bicyclic) bond motifs is 1. The van der Waals surface area contributed by atoms with Crippen LogP contribution < -0.4 is 0 Å². The van der Waals surface area contributed by atoms with E-state index in [1.165, 1.54) is 12.0 Å². The Labute approximate surface area is 187 Å². The van der Waals surface area contributed by atoms with Crippen molar-refractivity contribution in [1.82, 2.24) is 4.90 Å². The molecule has 0 radical (unpaired) electrons. The molecule has 1 amide bonds. The molecule has 172 valence electrons. The highest BCUT2D eigenvalue weighted by molar-refractivity contribution is 5.77. The Balaban J connectivity index is 1.45. The maximum Gasteiger partial charge on any atom is 0.248 e. The van der Waals surface area contributed by atoms with Crippen LogP contribution in [0.1, 0.15) is 58.8 Å². The van der Waals surface area contributed by atoms with Crippen molar-refractivity contribution in [3.8, 4) is 11.8 Å². The molecule has 1 saturated heterocycles. The Bertz CT molecular complexity index is 713. The highest BCUT2D eigenvalue weighted by atomic mass is 16.5. The van der Waals surface area contributed by atoms with Crippen molar-refractivity contribution in [3.05, 3.63) is 23.8 Å². The van der Waals surface area contributed by atoms with Crippen LogP contribution in [-0.2, 0) is 9.53 Å². The van der Waals surface area contributed by atoms with Crippen LogP contribution in [0.3, 0.4) is 0 Å². The molecule has 6 atom stereocenters. The van der Waals surface area contributed by atoms with Crippen LogP contribution in [0.25, 0.3) is 0 Å². The fraction of sp³-hybridized carbons (Fsp3) is 0.731. The van der Waals surface area contributed by atoms with E-state index in [0.717, 1.165) is 45.2 Å². The van der Waals surface area contributed by atoms with Crippen molar-refractivity contribution < 1.29 is 19.7 Å². The summed E-state index contributed by atoms with van der Waals surface area (Å²) in [7, 11) is 0. The number of piperidine rings is 1. The van der Waals surface area contributed by atoms with Gasteiger partial charge >= 0.3 is 0 Å². The Morgan fingerprint density at radius 1 is 1.29 bits per heavy atom. The zero-order chi connectivity index (χ0) is 22.2. The number of aliphatic hydroxyl groups excluding tert-OH is 2. The van der Waals surface area contributed by atoms with Gasteiger partial charge in [0.2, 0.25) is 5.91 Å². The molecular weight excluding hydrogens is 390 g/mol. The van der Waals surface area contributed by atoms with Crippen molar-refractivity contribution in [3.63, 3.8) is 0 Å². The third-order valence-corrected chi connectivity index (χ3v) is 7.25. The maximum absolute atomic E-state index is 12.2. The number of nitrogens with zero attached hydrogens (tertiary/aromatic N) is 1. The first-order valence-corrected chi connectivity index (χ1v) is 12.0. The Kier molecular flexibility index (Phi) is 9.19. The number of hydrogen-bond donors (Lipinski definition) is 2. The molecule has 0 unspecified atom stereocenters. The number of aliphatic hydroxyl groups is 2. The largest absolute Gasteiger partial charge is 0.392 e. The molecule has 5 heteroatoms. The Hall–Kier alpha value is -1.61. The molecule has 5 nitrogen and oxygen atoms in total. The number of amides is 1. The highest BCUT2D eigenvalue weighted by Crippen LogP contribution is 2.50. The first-order chi connectivity index (χ1) is 15.0. The summed E-state index contributed by atoms with van der Waals surface area (Å²) >= 11 is 0. The number of allylic oxidation sites excluding steroid dienone is 1. The maximum atomic E-state index is 12.2. The molecule has 1 heterocycles. The summed E-state index contributed by atoms with van der Waals surface area (Å²) < 4.78 is 5.64. The monoisotopic (exact) mass is 429 g/mol. The SMILES string of the molecule is CC#CC[C@H](C)[C@@H](O)/C=C/[C@@H]1[C@H]2CC(=CCOCC(=O)N3CCCCC3)C[C@H]2C[C@H]1O. The van der Waals surface area contributed by atoms with Gasteiger partial charge in [0.1, 0.15) is 6.61 Å². The number of hydrogen-bond acceptors (Lipinski definition) is 4. The summed E-state index contributed by atoms with van der Waals surface area (Å²) in [6, 6.07) is 0. The lowest BCUT2D eigenvalue weighted by Crippen LogP contribution is -2.38. The van der Waals surface area contributed by atoms with Gasteiger partial charge in [0.25, 0.3) is 0 Å². The average molecular weight is 430 g/mol. The zero-order valence-electron chi connectivity index (χ0n) is 19.1.